The van der Waals surface area contributed by atoms with E-state index >= 15 is 0 Å². The van der Waals surface area contributed by atoms with E-state index in [-0.39, 0.29) is 17.2 Å². The molecule has 0 unspecified atom stereocenters. The summed E-state index contributed by atoms with van der Waals surface area (Å²) < 4.78 is 27.4. The predicted molar refractivity (Wildman–Crippen MR) is 77.2 cm³/mol. The molecule has 0 amide bonds. The van der Waals surface area contributed by atoms with Crippen molar-refractivity contribution in [2.24, 2.45) is 4.40 Å². The van der Waals surface area contributed by atoms with Gasteiger partial charge in [-0.15, -0.1) is 15.7 Å². The first-order valence-electron chi connectivity index (χ1n) is 5.83. The molecule has 0 saturated carbocycles. The Kier molecular flexibility index (Phi) is 3.22. The summed E-state index contributed by atoms with van der Waals surface area (Å²) in [4.78, 5) is 14.8. The van der Waals surface area contributed by atoms with E-state index < -0.39 is 16.0 Å². The highest BCUT2D eigenvalue weighted by Crippen LogP contribution is 2.27. The largest absolute Gasteiger partial charge is 0.481 e. The number of fused-ring (bicyclic) bond motifs is 1. The minimum absolute atomic E-state index is 0.148. The van der Waals surface area contributed by atoms with Crippen LogP contribution in [0.25, 0.3) is 0 Å². The van der Waals surface area contributed by atoms with Gasteiger partial charge in [-0.1, -0.05) is 12.1 Å². The maximum Gasteiger partial charge on any atom is 0.309 e. The first kappa shape index (κ1) is 13.7. The monoisotopic (exact) mass is 323 g/mol. The lowest BCUT2D eigenvalue weighted by Gasteiger charge is -2.02. The zero-order chi connectivity index (χ0) is 15.0. The van der Waals surface area contributed by atoms with Crippen molar-refractivity contribution in [3.8, 4) is 0 Å². The third-order valence-corrected chi connectivity index (χ3v) is 4.88. The molecule has 9 heteroatoms. The van der Waals surface area contributed by atoms with Crippen LogP contribution in [0.2, 0.25) is 0 Å². The predicted octanol–water partition coefficient (Wildman–Crippen LogP) is 1.33. The van der Waals surface area contributed by atoms with Crippen molar-refractivity contribution in [2.75, 3.05) is 5.32 Å². The topological polar surface area (TPSA) is 109 Å². The molecule has 7 nitrogen and oxygen atoms in total. The fraction of sp³-hybridized carbons (Fsp3) is 0.0833. The number of aromatic nitrogens is 1. The molecule has 2 N–H and O–H groups in total. The number of hydrogen-bond acceptors (Lipinski definition) is 6. The zero-order valence-electron chi connectivity index (χ0n) is 10.5. The average Bonchev–Trinajstić information content (AvgIpc) is 2.93. The van der Waals surface area contributed by atoms with Crippen molar-refractivity contribution in [1.29, 1.82) is 0 Å². The molecular formula is C12H9N3O4S2. The molecule has 2 aromatic rings. The number of benzene rings is 1. The second-order valence-electron chi connectivity index (χ2n) is 4.25. The number of thiazole rings is 1. The number of carboxylic acid groups (broad SMARTS) is 1. The summed E-state index contributed by atoms with van der Waals surface area (Å²) in [7, 11) is -3.68. The van der Waals surface area contributed by atoms with E-state index in [1.165, 1.54) is 17.4 Å². The first-order chi connectivity index (χ1) is 9.95. The van der Waals surface area contributed by atoms with Gasteiger partial charge in [-0.05, 0) is 12.1 Å². The number of hydrogen-bond donors (Lipinski definition) is 2. The maximum atomic E-state index is 11.9. The van der Waals surface area contributed by atoms with Crippen molar-refractivity contribution in [3.63, 3.8) is 0 Å². The molecule has 0 bridgehead atoms. The fourth-order valence-electron chi connectivity index (χ4n) is 1.90. The molecule has 2 heterocycles. The molecule has 3 rings (SSSR count). The van der Waals surface area contributed by atoms with Crippen LogP contribution >= 0.6 is 11.3 Å². The molecule has 0 spiro atoms. The van der Waals surface area contributed by atoms with Crippen LogP contribution < -0.4 is 5.32 Å². The van der Waals surface area contributed by atoms with E-state index in [0.29, 0.717) is 16.4 Å². The molecule has 1 aliphatic rings. The van der Waals surface area contributed by atoms with Gasteiger partial charge in [0.15, 0.2) is 11.0 Å². The highest BCUT2D eigenvalue weighted by Gasteiger charge is 2.28. The highest BCUT2D eigenvalue weighted by molar-refractivity contribution is 7.90. The molecule has 0 fully saturated rings. The van der Waals surface area contributed by atoms with Crippen molar-refractivity contribution in [2.45, 2.75) is 11.3 Å². The lowest BCUT2D eigenvalue weighted by molar-refractivity contribution is -0.136. The van der Waals surface area contributed by atoms with Crippen molar-refractivity contribution in [3.05, 3.63) is 40.9 Å². The van der Waals surface area contributed by atoms with Crippen LogP contribution in [0, 0.1) is 0 Å². The van der Waals surface area contributed by atoms with E-state index in [4.69, 9.17) is 5.11 Å². The number of carboxylic acids is 1. The van der Waals surface area contributed by atoms with Gasteiger partial charge in [-0.2, -0.15) is 8.42 Å². The number of amidine groups is 1. The lowest BCUT2D eigenvalue weighted by atomic mass is 10.2. The molecule has 0 saturated heterocycles. The van der Waals surface area contributed by atoms with E-state index in [2.05, 4.69) is 14.7 Å². The fourth-order valence-corrected chi connectivity index (χ4v) is 3.78. The number of nitrogens with one attached hydrogen (secondary N) is 1. The van der Waals surface area contributed by atoms with E-state index in [1.54, 1.807) is 23.6 Å². The molecule has 108 valence electrons. The molecule has 21 heavy (non-hydrogen) atoms. The minimum atomic E-state index is -3.68. The minimum Gasteiger partial charge on any atom is -0.481 e. The summed E-state index contributed by atoms with van der Waals surface area (Å²) in [5, 5.41) is 13.5. The first-order valence-corrected chi connectivity index (χ1v) is 8.15. The number of sulfonamides is 1. The number of aliphatic carboxylic acids is 1. The van der Waals surface area contributed by atoms with E-state index in [0.717, 1.165) is 0 Å². The van der Waals surface area contributed by atoms with Gasteiger partial charge in [0.25, 0.3) is 10.0 Å². The van der Waals surface area contributed by atoms with Gasteiger partial charge in [0, 0.05) is 10.9 Å². The molecule has 0 radical (unpaired) electrons. The summed E-state index contributed by atoms with van der Waals surface area (Å²) in [5.41, 5.74) is 0.886. The Morgan fingerprint density at radius 2 is 2.10 bits per heavy atom. The number of carbonyl (C=O) groups is 1. The molecule has 0 aliphatic carbocycles. The smallest absolute Gasteiger partial charge is 0.309 e. The van der Waals surface area contributed by atoms with Crippen molar-refractivity contribution in [1.82, 2.24) is 4.98 Å². The summed E-state index contributed by atoms with van der Waals surface area (Å²) in [6.07, 6.45) is -0.181. The van der Waals surface area contributed by atoms with Gasteiger partial charge in [0.2, 0.25) is 0 Å². The van der Waals surface area contributed by atoms with E-state index in [1.807, 2.05) is 0 Å². The summed E-state index contributed by atoms with van der Waals surface area (Å²) in [5.74, 6) is -0.778. The van der Waals surface area contributed by atoms with Gasteiger partial charge in [-0.3, -0.25) is 4.79 Å². The normalized spacial score (nSPS) is 15.3. The van der Waals surface area contributed by atoms with Gasteiger partial charge >= 0.3 is 5.97 Å². The SMILES string of the molecule is O=C(O)Cc1csc(NC2=NS(=O)(=O)c3ccccc32)n1. The van der Waals surface area contributed by atoms with Crippen LogP contribution in [0.4, 0.5) is 5.13 Å². The lowest BCUT2D eigenvalue weighted by Crippen LogP contribution is -2.11. The average molecular weight is 323 g/mol. The Morgan fingerprint density at radius 3 is 2.86 bits per heavy atom. The Labute approximate surface area is 124 Å². The number of anilines is 1. The van der Waals surface area contributed by atoms with Gasteiger partial charge in [0.05, 0.1) is 12.1 Å². The molecule has 1 aliphatic heterocycles. The Bertz CT molecular complexity index is 855. The van der Waals surface area contributed by atoms with Crippen molar-refractivity contribution < 1.29 is 18.3 Å². The van der Waals surface area contributed by atoms with Crippen LogP contribution in [0.1, 0.15) is 11.3 Å². The number of rotatable bonds is 3. The third kappa shape index (κ3) is 2.65. The highest BCUT2D eigenvalue weighted by atomic mass is 32.2. The van der Waals surface area contributed by atoms with Crippen LogP contribution in [0.15, 0.2) is 38.9 Å². The van der Waals surface area contributed by atoms with Crippen molar-refractivity contribution >= 4 is 38.3 Å². The van der Waals surface area contributed by atoms with Gasteiger partial charge < -0.3 is 10.4 Å². The van der Waals surface area contributed by atoms with Crippen LogP contribution in [0.5, 0.6) is 0 Å². The maximum absolute atomic E-state index is 11.9. The van der Waals surface area contributed by atoms with E-state index in [9.17, 15) is 13.2 Å². The standard InChI is InChI=1S/C12H9N3O4S2/c16-10(17)5-7-6-20-12(13-7)14-11-8-3-1-2-4-9(8)21(18,19)15-11/h1-4,6H,5H2,(H,16,17)(H,13,14,15). The van der Waals surface area contributed by atoms with Gasteiger partial charge in [-0.25, -0.2) is 4.98 Å². The Morgan fingerprint density at radius 1 is 1.33 bits per heavy atom. The van der Waals surface area contributed by atoms with Crippen LogP contribution in [-0.4, -0.2) is 30.3 Å². The molecular weight excluding hydrogens is 314 g/mol. The molecule has 1 aromatic carbocycles. The Balaban J connectivity index is 1.89. The third-order valence-electron chi connectivity index (χ3n) is 2.74. The Hall–Kier alpha value is -2.26. The van der Waals surface area contributed by atoms with Gasteiger partial charge in [0.1, 0.15) is 4.90 Å². The van der Waals surface area contributed by atoms with Crippen LogP contribution in [0.3, 0.4) is 0 Å². The second-order valence-corrected chi connectivity index (χ2v) is 6.68. The summed E-state index contributed by atoms with van der Waals surface area (Å²) in [6.45, 7) is 0. The quantitative estimate of drug-likeness (QED) is 0.882. The molecule has 0 atom stereocenters. The number of nitrogens with zero attached hydrogens (tertiary/aromatic N) is 2. The molecule has 1 aromatic heterocycles. The summed E-state index contributed by atoms with van der Waals surface area (Å²) in [6, 6.07) is 6.48. The summed E-state index contributed by atoms with van der Waals surface area (Å²) >= 11 is 1.19. The zero-order valence-corrected chi connectivity index (χ0v) is 12.1. The second kappa shape index (κ2) is 4.93. The van der Waals surface area contributed by atoms with Crippen LogP contribution in [-0.2, 0) is 21.2 Å².